The molecule has 6 heteroatoms. The highest BCUT2D eigenvalue weighted by Gasteiger charge is 2.04. The first-order valence-corrected chi connectivity index (χ1v) is 5.76. The molecule has 0 saturated heterocycles. The fraction of sp³-hybridized carbons (Fsp3) is 0.0909. The summed E-state index contributed by atoms with van der Waals surface area (Å²) < 4.78 is 2.28. The molecule has 0 atom stereocenters. The van der Waals surface area contributed by atoms with Crippen LogP contribution in [0.3, 0.4) is 0 Å². The number of para-hydroxylation sites is 2. The lowest BCUT2D eigenvalue weighted by atomic mass is 10.3. The molecule has 0 bridgehead atoms. The first kappa shape index (κ1) is 11.7. The number of amides is 2. The standard InChI is InChI=1S/C11H11BrN4O/c1-8(12)6-13-11(17)15-16-7-14-9-4-2-3-5-10(9)16/h2-5,7H,1,6H2,(H2,13,15,17). The Labute approximate surface area is 107 Å². The molecule has 0 aliphatic rings. The number of nitrogens with zero attached hydrogens (tertiary/aromatic N) is 2. The van der Waals surface area contributed by atoms with E-state index in [0.717, 1.165) is 11.0 Å². The Morgan fingerprint density at radius 2 is 2.24 bits per heavy atom. The second-order valence-corrected chi connectivity index (χ2v) is 4.54. The Morgan fingerprint density at radius 3 is 3.00 bits per heavy atom. The van der Waals surface area contributed by atoms with Gasteiger partial charge < -0.3 is 5.32 Å². The highest BCUT2D eigenvalue weighted by molar-refractivity contribution is 9.11. The molecule has 2 N–H and O–H groups in total. The van der Waals surface area contributed by atoms with Crippen molar-refractivity contribution in [2.75, 3.05) is 12.0 Å². The van der Waals surface area contributed by atoms with Gasteiger partial charge in [-0.3, -0.25) is 0 Å². The van der Waals surface area contributed by atoms with E-state index in [4.69, 9.17) is 0 Å². The summed E-state index contributed by atoms with van der Waals surface area (Å²) in [5, 5.41) is 2.64. The molecular formula is C11H11BrN4O. The van der Waals surface area contributed by atoms with Gasteiger partial charge in [-0.1, -0.05) is 34.6 Å². The van der Waals surface area contributed by atoms with Crippen molar-refractivity contribution in [2.45, 2.75) is 0 Å². The van der Waals surface area contributed by atoms with E-state index in [1.54, 1.807) is 11.0 Å². The molecule has 0 saturated carbocycles. The summed E-state index contributed by atoms with van der Waals surface area (Å²) in [6.07, 6.45) is 1.56. The van der Waals surface area contributed by atoms with Gasteiger partial charge in [-0.25, -0.2) is 19.9 Å². The lowest BCUT2D eigenvalue weighted by Gasteiger charge is -2.08. The molecule has 88 valence electrons. The van der Waals surface area contributed by atoms with Crippen molar-refractivity contribution < 1.29 is 4.79 Å². The first-order valence-electron chi connectivity index (χ1n) is 4.97. The molecule has 17 heavy (non-hydrogen) atoms. The van der Waals surface area contributed by atoms with E-state index in [9.17, 15) is 4.79 Å². The Bertz CT molecular complexity index is 563. The quantitative estimate of drug-likeness (QED) is 0.912. The van der Waals surface area contributed by atoms with Crippen LogP contribution in [-0.2, 0) is 0 Å². The fourth-order valence-corrected chi connectivity index (χ4v) is 1.51. The van der Waals surface area contributed by atoms with Crippen molar-refractivity contribution in [3.05, 3.63) is 41.7 Å². The second kappa shape index (κ2) is 5.01. The van der Waals surface area contributed by atoms with E-state index in [1.807, 2.05) is 24.3 Å². The number of imidazole rings is 1. The third-order valence-electron chi connectivity index (χ3n) is 2.12. The van der Waals surface area contributed by atoms with E-state index in [1.165, 1.54) is 0 Å². The van der Waals surface area contributed by atoms with E-state index >= 15 is 0 Å². The molecule has 0 spiro atoms. The molecule has 2 amide bonds. The van der Waals surface area contributed by atoms with E-state index < -0.39 is 0 Å². The molecule has 0 radical (unpaired) electrons. The fourth-order valence-electron chi connectivity index (χ4n) is 1.37. The third-order valence-corrected chi connectivity index (χ3v) is 2.40. The molecule has 1 aromatic carbocycles. The van der Waals surface area contributed by atoms with E-state index in [-0.39, 0.29) is 6.03 Å². The molecule has 5 nitrogen and oxygen atoms in total. The Morgan fingerprint density at radius 1 is 1.47 bits per heavy atom. The molecule has 0 unspecified atom stereocenters. The molecule has 2 rings (SSSR count). The van der Waals surface area contributed by atoms with Gasteiger partial charge in [0.2, 0.25) is 0 Å². The summed E-state index contributed by atoms with van der Waals surface area (Å²) >= 11 is 3.16. The van der Waals surface area contributed by atoms with Crippen molar-refractivity contribution in [1.82, 2.24) is 15.0 Å². The van der Waals surface area contributed by atoms with Crippen LogP contribution in [-0.4, -0.2) is 22.2 Å². The lowest BCUT2D eigenvalue weighted by Crippen LogP contribution is -2.34. The van der Waals surface area contributed by atoms with Gasteiger partial charge in [0.15, 0.2) is 0 Å². The van der Waals surface area contributed by atoms with Crippen molar-refractivity contribution in [1.29, 1.82) is 0 Å². The predicted molar refractivity (Wildman–Crippen MR) is 70.6 cm³/mol. The smallest absolute Gasteiger partial charge is 0.332 e. The first-order chi connectivity index (χ1) is 8.16. The van der Waals surface area contributed by atoms with Gasteiger partial charge in [0.25, 0.3) is 0 Å². The number of urea groups is 1. The highest BCUT2D eigenvalue weighted by Crippen LogP contribution is 2.09. The lowest BCUT2D eigenvalue weighted by molar-refractivity contribution is 0.250. The summed E-state index contributed by atoms with van der Waals surface area (Å²) in [4.78, 5) is 15.7. The van der Waals surface area contributed by atoms with Crippen LogP contribution in [0.1, 0.15) is 0 Å². The number of carbonyl (C=O) groups excluding carboxylic acids is 1. The van der Waals surface area contributed by atoms with Crippen LogP contribution < -0.4 is 10.7 Å². The highest BCUT2D eigenvalue weighted by atomic mass is 79.9. The van der Waals surface area contributed by atoms with Crippen LogP contribution in [0.4, 0.5) is 4.79 Å². The van der Waals surface area contributed by atoms with Gasteiger partial charge in [-0.05, 0) is 12.1 Å². The minimum atomic E-state index is -0.311. The number of rotatable bonds is 3. The predicted octanol–water partition coefficient (Wildman–Crippen LogP) is 2.20. The number of carbonyl (C=O) groups is 1. The summed E-state index contributed by atoms with van der Waals surface area (Å²) in [6, 6.07) is 7.24. The second-order valence-electron chi connectivity index (χ2n) is 3.42. The summed E-state index contributed by atoms with van der Waals surface area (Å²) in [6.45, 7) is 4.00. The van der Waals surface area contributed by atoms with Crippen molar-refractivity contribution >= 4 is 33.0 Å². The van der Waals surface area contributed by atoms with Gasteiger partial charge in [-0.15, -0.1) is 0 Å². The molecular weight excluding hydrogens is 284 g/mol. The molecule has 1 aromatic heterocycles. The van der Waals surface area contributed by atoms with Gasteiger partial charge in [0.05, 0.1) is 17.6 Å². The normalized spacial score (nSPS) is 10.2. The van der Waals surface area contributed by atoms with Crippen LogP contribution >= 0.6 is 15.9 Å². The number of nitrogens with one attached hydrogen (secondary N) is 2. The van der Waals surface area contributed by atoms with E-state index in [2.05, 4.69) is 38.2 Å². The molecule has 2 aromatic rings. The van der Waals surface area contributed by atoms with Gasteiger partial charge in [-0.2, -0.15) is 0 Å². The number of hydrogen-bond donors (Lipinski definition) is 2. The van der Waals surface area contributed by atoms with Crippen LogP contribution in [0.2, 0.25) is 0 Å². The number of fused-ring (bicyclic) bond motifs is 1. The summed E-state index contributed by atoms with van der Waals surface area (Å²) in [5.74, 6) is 0. The Balaban J connectivity index is 2.08. The van der Waals surface area contributed by atoms with Crippen molar-refractivity contribution in [2.24, 2.45) is 0 Å². The van der Waals surface area contributed by atoms with Gasteiger partial charge in [0, 0.05) is 4.48 Å². The molecule has 0 fully saturated rings. The largest absolute Gasteiger partial charge is 0.334 e. The van der Waals surface area contributed by atoms with Crippen LogP contribution in [0.25, 0.3) is 11.0 Å². The zero-order valence-electron chi connectivity index (χ0n) is 8.98. The Kier molecular flexibility index (Phi) is 3.43. The van der Waals surface area contributed by atoms with Crippen LogP contribution in [0.15, 0.2) is 41.7 Å². The molecule has 0 aliphatic heterocycles. The maximum absolute atomic E-state index is 11.5. The molecule has 0 aliphatic carbocycles. The summed E-state index contributed by atoms with van der Waals surface area (Å²) in [5.41, 5.74) is 4.34. The average Bonchev–Trinajstić information content (AvgIpc) is 2.70. The topological polar surface area (TPSA) is 59.0 Å². The third kappa shape index (κ3) is 2.85. The minimum absolute atomic E-state index is 0.311. The van der Waals surface area contributed by atoms with E-state index in [0.29, 0.717) is 11.0 Å². The van der Waals surface area contributed by atoms with Gasteiger partial charge >= 0.3 is 6.03 Å². The average molecular weight is 295 g/mol. The number of benzene rings is 1. The van der Waals surface area contributed by atoms with Crippen molar-refractivity contribution in [3.63, 3.8) is 0 Å². The van der Waals surface area contributed by atoms with Gasteiger partial charge in [0.1, 0.15) is 6.33 Å². The minimum Gasteiger partial charge on any atom is -0.332 e. The van der Waals surface area contributed by atoms with Crippen LogP contribution in [0.5, 0.6) is 0 Å². The van der Waals surface area contributed by atoms with Crippen LogP contribution in [0, 0.1) is 0 Å². The summed E-state index contributed by atoms with van der Waals surface area (Å²) in [7, 11) is 0. The Hall–Kier alpha value is -1.82. The maximum Gasteiger partial charge on any atom is 0.334 e. The zero-order chi connectivity index (χ0) is 12.3. The number of halogens is 1. The SMILES string of the molecule is C=C(Br)CNC(=O)Nn1cnc2ccccc21. The molecule has 1 heterocycles. The maximum atomic E-state index is 11.5. The number of aromatic nitrogens is 2. The van der Waals surface area contributed by atoms with Crippen molar-refractivity contribution in [3.8, 4) is 0 Å². The zero-order valence-corrected chi connectivity index (χ0v) is 10.6. The number of hydrogen-bond acceptors (Lipinski definition) is 2. The monoisotopic (exact) mass is 294 g/mol.